The molecule has 88 valence electrons. The maximum atomic E-state index is 10.9. The molecule has 7 heteroatoms. The first-order valence-electron chi connectivity index (χ1n) is 4.99. The van der Waals surface area contributed by atoms with Crippen molar-refractivity contribution in [1.29, 1.82) is 0 Å². The molecular weight excluding hydrogens is 222 g/mol. The van der Waals surface area contributed by atoms with E-state index < -0.39 is 5.91 Å². The third-order valence-corrected chi connectivity index (χ3v) is 2.02. The molecule has 7 nitrogen and oxygen atoms in total. The summed E-state index contributed by atoms with van der Waals surface area (Å²) in [4.78, 5) is 22.7. The van der Waals surface area contributed by atoms with Crippen LogP contribution in [0.15, 0.2) is 24.9 Å². The average Bonchev–Trinajstić information content (AvgIpc) is 2.79. The van der Waals surface area contributed by atoms with Crippen molar-refractivity contribution in [3.63, 3.8) is 0 Å². The molecule has 0 aliphatic heterocycles. The highest BCUT2D eigenvalue weighted by atomic mass is 16.5. The number of primary amides is 1. The van der Waals surface area contributed by atoms with E-state index in [1.54, 1.807) is 10.6 Å². The van der Waals surface area contributed by atoms with Crippen molar-refractivity contribution in [3.8, 4) is 11.7 Å². The lowest BCUT2D eigenvalue weighted by Gasteiger charge is -2.03. The highest BCUT2D eigenvalue weighted by molar-refractivity contribution is 5.90. The van der Waals surface area contributed by atoms with Gasteiger partial charge in [-0.25, -0.2) is 15.0 Å². The smallest absolute Gasteiger partial charge is 0.268 e. The van der Waals surface area contributed by atoms with Crippen LogP contribution in [-0.2, 0) is 0 Å². The van der Waals surface area contributed by atoms with Gasteiger partial charge in [-0.15, -0.1) is 0 Å². The lowest BCUT2D eigenvalue weighted by atomic mass is 10.4. The quantitative estimate of drug-likeness (QED) is 0.811. The lowest BCUT2D eigenvalue weighted by Crippen LogP contribution is -2.11. The van der Waals surface area contributed by atoms with Gasteiger partial charge >= 0.3 is 0 Å². The standard InChI is InChI=1S/C10H11N5O2/c1-2-17-9-3-8(12-5-13-9)15-4-7(10(11)16)14-6-15/h3-6H,2H2,1H3,(H2,11,16). The van der Waals surface area contributed by atoms with Gasteiger partial charge < -0.3 is 10.5 Å². The van der Waals surface area contributed by atoms with Crippen LogP contribution in [0.4, 0.5) is 0 Å². The van der Waals surface area contributed by atoms with Crippen LogP contribution < -0.4 is 10.5 Å². The number of ether oxygens (including phenoxy) is 1. The summed E-state index contributed by atoms with van der Waals surface area (Å²) in [6, 6.07) is 1.65. The van der Waals surface area contributed by atoms with Crippen LogP contribution in [0.5, 0.6) is 5.88 Å². The number of carbonyl (C=O) groups excluding carboxylic acids is 1. The van der Waals surface area contributed by atoms with Crippen LogP contribution >= 0.6 is 0 Å². The van der Waals surface area contributed by atoms with Gasteiger partial charge in [-0.2, -0.15) is 0 Å². The van der Waals surface area contributed by atoms with Gasteiger partial charge in [-0.3, -0.25) is 9.36 Å². The Labute approximate surface area is 97.3 Å². The molecular formula is C10H11N5O2. The first kappa shape index (κ1) is 11.1. The van der Waals surface area contributed by atoms with E-state index in [0.717, 1.165) is 0 Å². The van der Waals surface area contributed by atoms with Gasteiger partial charge in [0.2, 0.25) is 5.88 Å². The summed E-state index contributed by atoms with van der Waals surface area (Å²) in [6.07, 6.45) is 4.34. The number of hydrogen-bond donors (Lipinski definition) is 1. The number of nitrogens with zero attached hydrogens (tertiary/aromatic N) is 4. The Bertz CT molecular complexity index is 537. The van der Waals surface area contributed by atoms with Crippen LogP contribution in [0.25, 0.3) is 5.82 Å². The number of imidazole rings is 1. The highest BCUT2D eigenvalue weighted by Crippen LogP contribution is 2.11. The van der Waals surface area contributed by atoms with E-state index in [-0.39, 0.29) is 5.69 Å². The third-order valence-electron chi connectivity index (χ3n) is 2.02. The molecule has 17 heavy (non-hydrogen) atoms. The molecule has 2 rings (SSSR count). The summed E-state index contributed by atoms with van der Waals surface area (Å²) in [5.74, 6) is 0.443. The predicted octanol–water partition coefficient (Wildman–Crippen LogP) is 0.160. The summed E-state index contributed by atoms with van der Waals surface area (Å²) >= 11 is 0. The Hall–Kier alpha value is -2.44. The number of rotatable bonds is 4. The minimum atomic E-state index is -0.581. The Morgan fingerprint density at radius 2 is 2.29 bits per heavy atom. The monoisotopic (exact) mass is 233 g/mol. The zero-order valence-corrected chi connectivity index (χ0v) is 9.20. The molecule has 0 bridgehead atoms. The Kier molecular flexibility index (Phi) is 2.99. The van der Waals surface area contributed by atoms with Gasteiger partial charge in [0.1, 0.15) is 24.2 Å². The van der Waals surface area contributed by atoms with Crippen molar-refractivity contribution in [3.05, 3.63) is 30.6 Å². The maximum Gasteiger partial charge on any atom is 0.268 e. The second-order valence-corrected chi connectivity index (χ2v) is 3.18. The molecule has 2 aromatic heterocycles. The minimum absolute atomic E-state index is 0.182. The van der Waals surface area contributed by atoms with Gasteiger partial charge in [0.05, 0.1) is 6.61 Å². The molecule has 2 heterocycles. The molecule has 0 unspecified atom stereocenters. The molecule has 0 fully saturated rings. The van der Waals surface area contributed by atoms with Crippen molar-refractivity contribution in [2.75, 3.05) is 6.61 Å². The van der Waals surface area contributed by atoms with E-state index in [2.05, 4.69) is 15.0 Å². The van der Waals surface area contributed by atoms with E-state index >= 15 is 0 Å². The summed E-state index contributed by atoms with van der Waals surface area (Å²) in [5.41, 5.74) is 5.29. The molecule has 2 aromatic rings. The average molecular weight is 233 g/mol. The molecule has 0 saturated carbocycles. The van der Waals surface area contributed by atoms with Crippen LogP contribution in [0.1, 0.15) is 17.4 Å². The number of hydrogen-bond acceptors (Lipinski definition) is 5. The molecule has 0 spiro atoms. The fourth-order valence-corrected chi connectivity index (χ4v) is 1.27. The van der Waals surface area contributed by atoms with Gasteiger partial charge in [0.15, 0.2) is 0 Å². The summed E-state index contributed by atoms with van der Waals surface area (Å²) in [5, 5.41) is 0. The van der Waals surface area contributed by atoms with E-state index in [4.69, 9.17) is 10.5 Å². The SMILES string of the molecule is CCOc1cc(-n2cnc(C(N)=O)c2)ncn1. The van der Waals surface area contributed by atoms with Crippen LogP contribution in [0.3, 0.4) is 0 Å². The van der Waals surface area contributed by atoms with Crippen molar-refractivity contribution in [2.24, 2.45) is 5.73 Å². The number of carbonyl (C=O) groups is 1. The van der Waals surface area contributed by atoms with Crippen molar-refractivity contribution < 1.29 is 9.53 Å². The molecule has 2 N–H and O–H groups in total. The van der Waals surface area contributed by atoms with Gasteiger partial charge in [0.25, 0.3) is 5.91 Å². The molecule has 0 aliphatic carbocycles. The minimum Gasteiger partial charge on any atom is -0.478 e. The van der Waals surface area contributed by atoms with E-state index in [9.17, 15) is 4.79 Å². The van der Waals surface area contributed by atoms with E-state index in [1.807, 2.05) is 6.92 Å². The van der Waals surface area contributed by atoms with Crippen molar-refractivity contribution in [1.82, 2.24) is 19.5 Å². The normalized spacial score (nSPS) is 10.2. The zero-order chi connectivity index (χ0) is 12.3. The van der Waals surface area contributed by atoms with E-state index in [1.165, 1.54) is 18.9 Å². The van der Waals surface area contributed by atoms with Crippen LogP contribution in [0.2, 0.25) is 0 Å². The summed E-state index contributed by atoms with van der Waals surface area (Å²) in [7, 11) is 0. The maximum absolute atomic E-state index is 10.9. The van der Waals surface area contributed by atoms with Gasteiger partial charge in [-0.05, 0) is 6.92 Å². The van der Waals surface area contributed by atoms with Crippen LogP contribution in [-0.4, -0.2) is 32.0 Å². The first-order chi connectivity index (χ1) is 8.20. The molecule has 0 aliphatic rings. The van der Waals surface area contributed by atoms with Crippen LogP contribution in [0, 0.1) is 0 Å². The summed E-state index contributed by atoms with van der Waals surface area (Å²) in [6.45, 7) is 2.39. The van der Waals surface area contributed by atoms with Crippen molar-refractivity contribution >= 4 is 5.91 Å². The van der Waals surface area contributed by atoms with Crippen molar-refractivity contribution in [2.45, 2.75) is 6.92 Å². The van der Waals surface area contributed by atoms with Gasteiger partial charge in [-0.1, -0.05) is 0 Å². The number of aromatic nitrogens is 4. The molecule has 0 atom stereocenters. The highest BCUT2D eigenvalue weighted by Gasteiger charge is 2.07. The molecule has 0 saturated heterocycles. The summed E-state index contributed by atoms with van der Waals surface area (Å²) < 4.78 is 6.82. The molecule has 0 aromatic carbocycles. The first-order valence-corrected chi connectivity index (χ1v) is 4.99. The second kappa shape index (κ2) is 4.60. The Balaban J connectivity index is 2.31. The Morgan fingerprint density at radius 1 is 1.47 bits per heavy atom. The third kappa shape index (κ3) is 2.39. The number of nitrogens with two attached hydrogens (primary N) is 1. The second-order valence-electron chi connectivity index (χ2n) is 3.18. The fourth-order valence-electron chi connectivity index (χ4n) is 1.27. The zero-order valence-electron chi connectivity index (χ0n) is 9.20. The number of amides is 1. The molecule has 0 radical (unpaired) electrons. The Morgan fingerprint density at radius 3 is 2.94 bits per heavy atom. The largest absolute Gasteiger partial charge is 0.478 e. The fraction of sp³-hybridized carbons (Fsp3) is 0.200. The topological polar surface area (TPSA) is 95.9 Å². The molecule has 1 amide bonds. The van der Waals surface area contributed by atoms with E-state index in [0.29, 0.717) is 18.3 Å². The predicted molar refractivity (Wildman–Crippen MR) is 58.8 cm³/mol. The van der Waals surface area contributed by atoms with Gasteiger partial charge in [0, 0.05) is 12.3 Å². The lowest BCUT2D eigenvalue weighted by molar-refractivity contribution is 0.0996.